The number of amides is 1. The summed E-state index contributed by atoms with van der Waals surface area (Å²) >= 11 is 1.66. The van der Waals surface area contributed by atoms with Gasteiger partial charge in [0.15, 0.2) is 0 Å². The van der Waals surface area contributed by atoms with Crippen LogP contribution in [0.15, 0.2) is 18.5 Å². The van der Waals surface area contributed by atoms with E-state index in [1.807, 2.05) is 4.90 Å². The predicted octanol–water partition coefficient (Wildman–Crippen LogP) is 4.23. The highest BCUT2D eigenvalue weighted by Crippen LogP contribution is 2.34. The first-order chi connectivity index (χ1) is 12.1. The largest absolute Gasteiger partial charge is 0.349 e. The standard InChI is InChI=1S/C20H29N3OS/c1-15(2)12-21-7-9-22(10-8-21)20(24)18-11-16-13-23(14-19(16)25-18)17-5-3-4-6-17/h11,13-15,17H,3-10,12H2,1-2H3. The number of nitrogens with zero attached hydrogens (tertiary/aromatic N) is 3. The molecule has 0 aromatic carbocycles. The van der Waals surface area contributed by atoms with Crippen molar-refractivity contribution < 1.29 is 4.79 Å². The summed E-state index contributed by atoms with van der Waals surface area (Å²) in [5, 5.41) is 1.23. The van der Waals surface area contributed by atoms with E-state index >= 15 is 0 Å². The van der Waals surface area contributed by atoms with Crippen molar-refractivity contribution in [1.29, 1.82) is 0 Å². The van der Waals surface area contributed by atoms with Crippen LogP contribution >= 0.6 is 11.3 Å². The lowest BCUT2D eigenvalue weighted by molar-refractivity contribution is 0.0628. The molecule has 2 aliphatic rings. The Balaban J connectivity index is 1.41. The smallest absolute Gasteiger partial charge is 0.264 e. The predicted molar refractivity (Wildman–Crippen MR) is 105 cm³/mol. The topological polar surface area (TPSA) is 28.5 Å². The third kappa shape index (κ3) is 3.63. The molecule has 1 aliphatic carbocycles. The zero-order chi connectivity index (χ0) is 17.4. The normalized spacial score (nSPS) is 20.2. The first-order valence-corrected chi connectivity index (χ1v) is 10.5. The van der Waals surface area contributed by atoms with Gasteiger partial charge >= 0.3 is 0 Å². The maximum atomic E-state index is 12.8. The second-order valence-electron chi connectivity index (χ2n) is 8.06. The summed E-state index contributed by atoms with van der Waals surface area (Å²) in [7, 11) is 0. The molecule has 0 spiro atoms. The second kappa shape index (κ2) is 7.12. The maximum absolute atomic E-state index is 12.8. The molecule has 0 radical (unpaired) electrons. The molecular weight excluding hydrogens is 330 g/mol. The van der Waals surface area contributed by atoms with Crippen molar-refractivity contribution >= 4 is 27.3 Å². The summed E-state index contributed by atoms with van der Waals surface area (Å²) in [4.78, 5) is 18.3. The van der Waals surface area contributed by atoms with Crippen LogP contribution in [0.3, 0.4) is 0 Å². The van der Waals surface area contributed by atoms with Crippen LogP contribution in [-0.2, 0) is 0 Å². The average molecular weight is 360 g/mol. The van der Waals surface area contributed by atoms with Crippen LogP contribution in [0.25, 0.3) is 10.1 Å². The molecule has 0 bridgehead atoms. The van der Waals surface area contributed by atoms with Gasteiger partial charge in [-0.2, -0.15) is 0 Å². The Morgan fingerprint density at radius 1 is 1.16 bits per heavy atom. The van der Waals surface area contributed by atoms with Gasteiger partial charge in [0, 0.05) is 56.5 Å². The maximum Gasteiger partial charge on any atom is 0.264 e. The molecular formula is C20H29N3OS. The number of carbonyl (C=O) groups is 1. The molecule has 4 rings (SSSR count). The van der Waals surface area contributed by atoms with E-state index in [1.165, 1.54) is 35.8 Å². The Bertz CT molecular complexity index is 702. The zero-order valence-corrected chi connectivity index (χ0v) is 16.2. The summed E-state index contributed by atoms with van der Waals surface area (Å²) in [5.41, 5.74) is 0. The van der Waals surface area contributed by atoms with Gasteiger partial charge in [-0.3, -0.25) is 9.69 Å². The highest BCUT2D eigenvalue weighted by atomic mass is 32.1. The lowest BCUT2D eigenvalue weighted by Crippen LogP contribution is -2.49. The third-order valence-corrected chi connectivity index (χ3v) is 6.66. The van der Waals surface area contributed by atoms with Crippen LogP contribution in [0, 0.1) is 5.92 Å². The number of thiophene rings is 1. The Labute approximate surface area is 154 Å². The van der Waals surface area contributed by atoms with Crippen molar-refractivity contribution in [2.24, 2.45) is 5.92 Å². The zero-order valence-electron chi connectivity index (χ0n) is 15.4. The highest BCUT2D eigenvalue weighted by molar-refractivity contribution is 7.20. The van der Waals surface area contributed by atoms with Gasteiger partial charge in [-0.25, -0.2) is 0 Å². The lowest BCUT2D eigenvalue weighted by Gasteiger charge is -2.35. The van der Waals surface area contributed by atoms with Gasteiger partial charge in [-0.15, -0.1) is 11.3 Å². The fraction of sp³-hybridized carbons (Fsp3) is 0.650. The fourth-order valence-corrected chi connectivity index (χ4v) is 5.32. The van der Waals surface area contributed by atoms with Crippen LogP contribution in [0.5, 0.6) is 0 Å². The van der Waals surface area contributed by atoms with E-state index in [1.54, 1.807) is 11.3 Å². The van der Waals surface area contributed by atoms with Gasteiger partial charge < -0.3 is 9.47 Å². The summed E-state index contributed by atoms with van der Waals surface area (Å²) < 4.78 is 3.64. The Kier molecular flexibility index (Phi) is 4.87. The molecule has 0 atom stereocenters. The number of hydrogen-bond donors (Lipinski definition) is 0. The van der Waals surface area contributed by atoms with E-state index in [-0.39, 0.29) is 5.91 Å². The molecule has 0 unspecified atom stereocenters. The number of piperazine rings is 1. The number of aromatic nitrogens is 1. The molecule has 1 saturated heterocycles. The monoisotopic (exact) mass is 359 g/mol. The molecule has 2 aromatic rings. The SMILES string of the molecule is CC(C)CN1CCN(C(=O)c2cc3cn(C4CCCC4)cc3s2)CC1. The molecule has 0 N–H and O–H groups in total. The molecule has 1 aliphatic heterocycles. The fourth-order valence-electron chi connectivity index (χ4n) is 4.28. The minimum absolute atomic E-state index is 0.220. The molecule has 2 aromatic heterocycles. The Morgan fingerprint density at radius 3 is 2.52 bits per heavy atom. The van der Waals surface area contributed by atoms with Gasteiger partial charge in [0.25, 0.3) is 5.91 Å². The van der Waals surface area contributed by atoms with Crippen LogP contribution in [0.4, 0.5) is 0 Å². The van der Waals surface area contributed by atoms with Crippen molar-refractivity contribution in [2.45, 2.75) is 45.6 Å². The highest BCUT2D eigenvalue weighted by Gasteiger charge is 2.24. The van der Waals surface area contributed by atoms with Crippen LogP contribution in [-0.4, -0.2) is 53.0 Å². The van der Waals surface area contributed by atoms with Crippen molar-refractivity contribution in [3.63, 3.8) is 0 Å². The molecule has 1 saturated carbocycles. The average Bonchev–Trinajstić information content (AvgIpc) is 3.29. The van der Waals surface area contributed by atoms with E-state index in [0.29, 0.717) is 12.0 Å². The molecule has 3 heterocycles. The Morgan fingerprint density at radius 2 is 1.88 bits per heavy atom. The van der Waals surface area contributed by atoms with Gasteiger partial charge in [-0.1, -0.05) is 26.7 Å². The van der Waals surface area contributed by atoms with Gasteiger partial charge in [0.2, 0.25) is 0 Å². The summed E-state index contributed by atoms with van der Waals surface area (Å²) in [6.45, 7) is 9.37. The molecule has 1 amide bonds. The Hall–Kier alpha value is -1.33. The van der Waals surface area contributed by atoms with Gasteiger partial charge in [-0.05, 0) is 24.8 Å². The molecule has 2 fully saturated rings. The van der Waals surface area contributed by atoms with E-state index in [2.05, 4.69) is 41.8 Å². The number of carbonyl (C=O) groups excluding carboxylic acids is 1. The molecule has 4 nitrogen and oxygen atoms in total. The molecule has 25 heavy (non-hydrogen) atoms. The van der Waals surface area contributed by atoms with E-state index < -0.39 is 0 Å². The number of rotatable bonds is 4. The lowest BCUT2D eigenvalue weighted by atomic mass is 10.2. The summed E-state index contributed by atoms with van der Waals surface area (Å²) in [6, 6.07) is 2.78. The second-order valence-corrected chi connectivity index (χ2v) is 9.14. The number of fused-ring (bicyclic) bond motifs is 1. The number of hydrogen-bond acceptors (Lipinski definition) is 3. The van der Waals surface area contributed by atoms with Crippen molar-refractivity contribution in [1.82, 2.24) is 14.4 Å². The van der Waals surface area contributed by atoms with Gasteiger partial charge in [0.05, 0.1) is 9.58 Å². The molecule has 136 valence electrons. The van der Waals surface area contributed by atoms with Crippen LogP contribution in [0.2, 0.25) is 0 Å². The van der Waals surface area contributed by atoms with Crippen molar-refractivity contribution in [3.8, 4) is 0 Å². The van der Waals surface area contributed by atoms with Crippen LogP contribution in [0.1, 0.15) is 55.2 Å². The van der Waals surface area contributed by atoms with Crippen molar-refractivity contribution in [3.05, 3.63) is 23.3 Å². The summed E-state index contributed by atoms with van der Waals surface area (Å²) in [6.07, 6.45) is 9.81. The first kappa shape index (κ1) is 17.1. The van der Waals surface area contributed by atoms with E-state index in [0.717, 1.165) is 37.6 Å². The van der Waals surface area contributed by atoms with Crippen molar-refractivity contribution in [2.75, 3.05) is 32.7 Å². The summed E-state index contributed by atoms with van der Waals surface area (Å²) in [5.74, 6) is 0.911. The van der Waals surface area contributed by atoms with Gasteiger partial charge in [0.1, 0.15) is 0 Å². The molecule has 5 heteroatoms. The minimum atomic E-state index is 0.220. The minimum Gasteiger partial charge on any atom is -0.349 e. The quantitative estimate of drug-likeness (QED) is 0.817. The van der Waals surface area contributed by atoms with E-state index in [9.17, 15) is 4.79 Å². The first-order valence-electron chi connectivity index (χ1n) is 9.73. The third-order valence-electron chi connectivity index (χ3n) is 5.59. The van der Waals surface area contributed by atoms with E-state index in [4.69, 9.17) is 0 Å². The van der Waals surface area contributed by atoms with Crippen LogP contribution < -0.4 is 0 Å².